The van der Waals surface area contributed by atoms with E-state index in [0.717, 1.165) is 16.3 Å². The molecule has 4 heteroatoms. The fourth-order valence-electron chi connectivity index (χ4n) is 2.00. The van der Waals surface area contributed by atoms with Gasteiger partial charge in [-0.1, -0.05) is 36.4 Å². The number of amides is 1. The Hall–Kier alpha value is -2.54. The van der Waals surface area contributed by atoms with Crippen LogP contribution in [0.15, 0.2) is 42.5 Å². The SMILES string of the molecule is CC(C)(C)OC(=O)N[C@@H](C#N)c1ccc2ccccc2c1. The molecule has 0 spiro atoms. The van der Waals surface area contributed by atoms with E-state index in [4.69, 9.17) is 4.74 Å². The highest BCUT2D eigenvalue weighted by molar-refractivity contribution is 5.83. The van der Waals surface area contributed by atoms with Crippen LogP contribution in [-0.4, -0.2) is 11.7 Å². The van der Waals surface area contributed by atoms with Crippen molar-refractivity contribution in [3.05, 3.63) is 48.0 Å². The quantitative estimate of drug-likeness (QED) is 0.907. The minimum absolute atomic E-state index is 0.590. The summed E-state index contributed by atoms with van der Waals surface area (Å²) in [6.07, 6.45) is -0.595. The third kappa shape index (κ3) is 3.96. The minimum atomic E-state index is -0.732. The average Bonchev–Trinajstić information content (AvgIpc) is 2.42. The molecule has 4 nitrogen and oxygen atoms in total. The predicted octanol–water partition coefficient (Wildman–Crippen LogP) is 3.93. The fourth-order valence-corrected chi connectivity index (χ4v) is 2.00. The van der Waals surface area contributed by atoms with Gasteiger partial charge in [0.2, 0.25) is 0 Å². The molecule has 0 aliphatic rings. The van der Waals surface area contributed by atoms with Gasteiger partial charge < -0.3 is 10.1 Å². The van der Waals surface area contributed by atoms with E-state index >= 15 is 0 Å². The maximum absolute atomic E-state index is 11.8. The largest absolute Gasteiger partial charge is 0.444 e. The zero-order valence-electron chi connectivity index (χ0n) is 12.4. The first kappa shape index (κ1) is 14.9. The summed E-state index contributed by atoms with van der Waals surface area (Å²) in [5, 5.41) is 14.0. The number of nitrogens with one attached hydrogen (secondary N) is 1. The zero-order chi connectivity index (χ0) is 15.5. The lowest BCUT2D eigenvalue weighted by Gasteiger charge is -2.21. The number of ether oxygens (including phenoxy) is 1. The molecule has 0 radical (unpaired) electrons. The summed E-state index contributed by atoms with van der Waals surface area (Å²) in [7, 11) is 0. The summed E-state index contributed by atoms with van der Waals surface area (Å²) in [6.45, 7) is 5.35. The number of nitrogens with zero attached hydrogens (tertiary/aromatic N) is 1. The second kappa shape index (κ2) is 5.84. The molecule has 1 atom stereocenters. The second-order valence-corrected chi connectivity index (χ2v) is 5.81. The Morgan fingerprint density at radius 2 is 1.86 bits per heavy atom. The van der Waals surface area contributed by atoms with Gasteiger partial charge in [-0.2, -0.15) is 5.26 Å². The van der Waals surface area contributed by atoms with E-state index < -0.39 is 17.7 Å². The first-order chi connectivity index (χ1) is 9.89. The monoisotopic (exact) mass is 282 g/mol. The van der Waals surface area contributed by atoms with Gasteiger partial charge in [-0.25, -0.2) is 4.79 Å². The maximum atomic E-state index is 11.8. The van der Waals surface area contributed by atoms with Crippen LogP contribution in [0.5, 0.6) is 0 Å². The van der Waals surface area contributed by atoms with E-state index in [1.165, 1.54) is 0 Å². The Morgan fingerprint density at radius 3 is 2.48 bits per heavy atom. The van der Waals surface area contributed by atoms with Crippen LogP contribution < -0.4 is 5.32 Å². The van der Waals surface area contributed by atoms with Gasteiger partial charge in [0.15, 0.2) is 0 Å². The molecular formula is C17H18N2O2. The number of nitriles is 1. The summed E-state index contributed by atoms with van der Waals surface area (Å²) in [6, 6.07) is 14.9. The Bertz CT molecular complexity index is 696. The molecule has 0 unspecified atom stereocenters. The number of alkyl carbamates (subject to hydrolysis) is 1. The normalized spacial score (nSPS) is 12.5. The highest BCUT2D eigenvalue weighted by Crippen LogP contribution is 2.20. The number of carbonyl (C=O) groups is 1. The van der Waals surface area contributed by atoms with Crippen molar-refractivity contribution in [3.63, 3.8) is 0 Å². The van der Waals surface area contributed by atoms with Crippen LogP contribution in [0, 0.1) is 11.3 Å². The van der Waals surface area contributed by atoms with Crippen molar-refractivity contribution in [2.45, 2.75) is 32.4 Å². The molecule has 0 aromatic heterocycles. The smallest absolute Gasteiger partial charge is 0.408 e. The van der Waals surface area contributed by atoms with Gasteiger partial charge in [-0.3, -0.25) is 0 Å². The lowest BCUT2D eigenvalue weighted by atomic mass is 10.0. The highest BCUT2D eigenvalue weighted by atomic mass is 16.6. The van der Waals surface area contributed by atoms with E-state index in [9.17, 15) is 10.1 Å². The van der Waals surface area contributed by atoms with E-state index in [1.54, 1.807) is 20.8 Å². The second-order valence-electron chi connectivity index (χ2n) is 5.81. The van der Waals surface area contributed by atoms with E-state index in [1.807, 2.05) is 42.5 Å². The van der Waals surface area contributed by atoms with Crippen LogP contribution in [0.2, 0.25) is 0 Å². The molecule has 2 aromatic carbocycles. The molecule has 2 rings (SSSR count). The Labute approximate surface area is 124 Å². The molecule has 0 aliphatic carbocycles. The van der Waals surface area contributed by atoms with Gasteiger partial charge >= 0.3 is 6.09 Å². The topological polar surface area (TPSA) is 62.1 Å². The highest BCUT2D eigenvalue weighted by Gasteiger charge is 2.20. The van der Waals surface area contributed by atoms with Gasteiger partial charge in [-0.15, -0.1) is 0 Å². The van der Waals surface area contributed by atoms with Gasteiger partial charge in [-0.05, 0) is 43.2 Å². The van der Waals surface area contributed by atoms with Crippen molar-refractivity contribution in [2.24, 2.45) is 0 Å². The lowest BCUT2D eigenvalue weighted by molar-refractivity contribution is 0.0515. The number of fused-ring (bicyclic) bond motifs is 1. The lowest BCUT2D eigenvalue weighted by Crippen LogP contribution is -2.34. The van der Waals surface area contributed by atoms with Gasteiger partial charge in [0, 0.05) is 0 Å². The molecular weight excluding hydrogens is 264 g/mol. The summed E-state index contributed by atoms with van der Waals surface area (Å²) < 4.78 is 5.18. The molecule has 0 heterocycles. The Balaban J connectivity index is 2.20. The average molecular weight is 282 g/mol. The molecule has 0 saturated carbocycles. The Morgan fingerprint density at radius 1 is 1.19 bits per heavy atom. The summed E-state index contributed by atoms with van der Waals surface area (Å²) in [4.78, 5) is 11.8. The number of hydrogen-bond acceptors (Lipinski definition) is 3. The standard InChI is InChI=1S/C17H18N2O2/c1-17(2,3)21-16(20)19-15(11-18)14-9-8-12-6-4-5-7-13(12)10-14/h4-10,15H,1-3H3,(H,19,20)/t15-/m0/s1. The number of carbonyl (C=O) groups excluding carboxylic acids is 1. The van der Waals surface area contributed by atoms with Crippen molar-refractivity contribution >= 4 is 16.9 Å². The predicted molar refractivity (Wildman–Crippen MR) is 81.7 cm³/mol. The first-order valence-electron chi connectivity index (χ1n) is 6.77. The van der Waals surface area contributed by atoms with Crippen LogP contribution in [0.25, 0.3) is 10.8 Å². The minimum Gasteiger partial charge on any atom is -0.444 e. The molecule has 1 N–H and O–H groups in total. The molecule has 21 heavy (non-hydrogen) atoms. The molecule has 0 bridgehead atoms. The molecule has 2 aromatic rings. The van der Waals surface area contributed by atoms with Crippen LogP contribution in [0.3, 0.4) is 0 Å². The number of rotatable bonds is 2. The van der Waals surface area contributed by atoms with Gasteiger partial charge in [0.25, 0.3) is 0 Å². The van der Waals surface area contributed by atoms with Gasteiger partial charge in [0.05, 0.1) is 6.07 Å². The molecule has 0 aliphatic heterocycles. The van der Waals surface area contributed by atoms with Crippen molar-refractivity contribution in [1.29, 1.82) is 5.26 Å². The van der Waals surface area contributed by atoms with E-state index in [2.05, 4.69) is 11.4 Å². The Kier molecular flexibility index (Phi) is 4.13. The van der Waals surface area contributed by atoms with Crippen molar-refractivity contribution in [2.75, 3.05) is 0 Å². The van der Waals surface area contributed by atoms with Crippen molar-refractivity contribution in [3.8, 4) is 6.07 Å². The van der Waals surface area contributed by atoms with E-state index in [0.29, 0.717) is 0 Å². The maximum Gasteiger partial charge on any atom is 0.408 e. The molecule has 1 amide bonds. The van der Waals surface area contributed by atoms with Crippen LogP contribution >= 0.6 is 0 Å². The number of hydrogen-bond donors (Lipinski definition) is 1. The first-order valence-corrected chi connectivity index (χ1v) is 6.77. The third-order valence-corrected chi connectivity index (χ3v) is 2.90. The third-order valence-electron chi connectivity index (χ3n) is 2.90. The summed E-state index contributed by atoms with van der Waals surface area (Å²) in [5.74, 6) is 0. The summed E-state index contributed by atoms with van der Waals surface area (Å²) in [5.41, 5.74) is 0.148. The summed E-state index contributed by atoms with van der Waals surface area (Å²) >= 11 is 0. The fraction of sp³-hybridized carbons (Fsp3) is 0.294. The van der Waals surface area contributed by atoms with Gasteiger partial charge in [0.1, 0.15) is 11.6 Å². The molecule has 108 valence electrons. The molecule has 0 saturated heterocycles. The van der Waals surface area contributed by atoms with Crippen LogP contribution in [-0.2, 0) is 4.74 Å². The van der Waals surface area contributed by atoms with Crippen LogP contribution in [0.1, 0.15) is 32.4 Å². The zero-order valence-corrected chi connectivity index (χ0v) is 12.4. The van der Waals surface area contributed by atoms with Crippen molar-refractivity contribution in [1.82, 2.24) is 5.32 Å². The van der Waals surface area contributed by atoms with Crippen molar-refractivity contribution < 1.29 is 9.53 Å². The number of benzene rings is 2. The molecule has 0 fully saturated rings. The van der Waals surface area contributed by atoms with Crippen LogP contribution in [0.4, 0.5) is 4.79 Å². The van der Waals surface area contributed by atoms with E-state index in [-0.39, 0.29) is 0 Å².